The van der Waals surface area contributed by atoms with Crippen LogP contribution in [-0.2, 0) is 29.1 Å². The number of nitrogens with zero attached hydrogens (tertiary/aromatic N) is 1. The molecule has 0 spiro atoms. The van der Waals surface area contributed by atoms with Gasteiger partial charge in [0.05, 0.1) is 17.9 Å². The molecule has 1 aromatic rings. The van der Waals surface area contributed by atoms with Crippen molar-refractivity contribution in [3.63, 3.8) is 0 Å². The quantitative estimate of drug-likeness (QED) is 0.766. The molecular weight excluding hydrogens is 334 g/mol. The van der Waals surface area contributed by atoms with Crippen molar-refractivity contribution < 1.29 is 27.5 Å². The Kier molecular flexibility index (Phi) is 4.98. The minimum absolute atomic E-state index is 0.0101. The van der Waals surface area contributed by atoms with Crippen LogP contribution in [0.15, 0.2) is 34.9 Å². The van der Waals surface area contributed by atoms with Gasteiger partial charge in [-0.05, 0) is 19.1 Å². The van der Waals surface area contributed by atoms with Crippen molar-refractivity contribution in [1.82, 2.24) is 4.31 Å². The fourth-order valence-corrected chi connectivity index (χ4v) is 3.96. The Morgan fingerprint density at radius 2 is 1.83 bits per heavy atom. The number of fused-ring (bicyclic) bond motifs is 1. The van der Waals surface area contributed by atoms with E-state index in [2.05, 4.69) is 0 Å². The van der Waals surface area contributed by atoms with Gasteiger partial charge in [-0.3, -0.25) is 9.10 Å². The lowest BCUT2D eigenvalue weighted by Crippen LogP contribution is -2.39. The summed E-state index contributed by atoms with van der Waals surface area (Å²) in [6, 6.07) is 6.07. The first-order valence-electron chi connectivity index (χ1n) is 7.42. The largest absolute Gasteiger partial charge is 0.464 e. The average Bonchev–Trinajstić information content (AvgIpc) is 2.56. The monoisotopic (exact) mass is 353 g/mol. The van der Waals surface area contributed by atoms with Crippen LogP contribution in [0.4, 0.5) is 0 Å². The van der Waals surface area contributed by atoms with Gasteiger partial charge in [0.15, 0.2) is 11.5 Å². The lowest BCUT2D eigenvalue weighted by molar-refractivity contribution is -0.140. The highest BCUT2D eigenvalue weighted by Gasteiger charge is 2.41. The first-order valence-corrected chi connectivity index (χ1v) is 8.86. The van der Waals surface area contributed by atoms with E-state index in [4.69, 9.17) is 9.47 Å². The maximum atomic E-state index is 12.8. The Bertz CT molecular complexity index is 810. The maximum absolute atomic E-state index is 12.8. The normalized spacial score (nSPS) is 16.0. The molecule has 0 aliphatic carbocycles. The van der Waals surface area contributed by atoms with Crippen molar-refractivity contribution in [1.29, 1.82) is 0 Å². The standard InChI is InChI=1S/C16H19NO6S/c1-5-17-13(16(19)22-4)14(23-15(18)10(2)3)11-8-6-7-9-12(11)24(17,20)21/h6-10H,5H2,1-4H3. The number of carbonyl (C=O) groups is 2. The fourth-order valence-electron chi connectivity index (χ4n) is 2.30. The van der Waals surface area contributed by atoms with Gasteiger partial charge in [0.1, 0.15) is 0 Å². The molecule has 0 unspecified atom stereocenters. The molecule has 1 heterocycles. The molecule has 0 radical (unpaired) electrons. The lowest BCUT2D eigenvalue weighted by atomic mass is 10.1. The van der Waals surface area contributed by atoms with E-state index in [0.717, 1.165) is 11.4 Å². The summed E-state index contributed by atoms with van der Waals surface area (Å²) in [7, 11) is -2.81. The Morgan fingerprint density at radius 3 is 2.38 bits per heavy atom. The minimum atomic E-state index is -3.94. The molecule has 0 bridgehead atoms. The van der Waals surface area contributed by atoms with Crippen molar-refractivity contribution in [2.24, 2.45) is 5.92 Å². The number of hydrogen-bond acceptors (Lipinski definition) is 6. The molecule has 1 aliphatic rings. The summed E-state index contributed by atoms with van der Waals surface area (Å²) in [5.41, 5.74) is -0.135. The maximum Gasteiger partial charge on any atom is 0.359 e. The number of methoxy groups -OCH3 is 1. The number of hydrogen-bond donors (Lipinski definition) is 0. The van der Waals surface area contributed by atoms with Crippen LogP contribution in [0.5, 0.6) is 0 Å². The van der Waals surface area contributed by atoms with Gasteiger partial charge in [-0.15, -0.1) is 0 Å². The van der Waals surface area contributed by atoms with Crippen LogP contribution in [0.25, 0.3) is 5.76 Å². The predicted octanol–water partition coefficient (Wildman–Crippen LogP) is 1.75. The molecule has 24 heavy (non-hydrogen) atoms. The van der Waals surface area contributed by atoms with E-state index in [-0.39, 0.29) is 28.5 Å². The number of ether oxygens (including phenoxy) is 2. The third-order valence-electron chi connectivity index (χ3n) is 3.50. The van der Waals surface area contributed by atoms with Gasteiger partial charge in [0.25, 0.3) is 10.0 Å². The van der Waals surface area contributed by atoms with Crippen LogP contribution in [0.3, 0.4) is 0 Å². The van der Waals surface area contributed by atoms with E-state index < -0.39 is 27.9 Å². The first kappa shape index (κ1) is 18.0. The van der Waals surface area contributed by atoms with Crippen molar-refractivity contribution in [3.05, 3.63) is 35.5 Å². The predicted molar refractivity (Wildman–Crippen MR) is 85.9 cm³/mol. The zero-order chi connectivity index (χ0) is 18.1. The second-order valence-corrected chi connectivity index (χ2v) is 7.24. The summed E-state index contributed by atoms with van der Waals surface area (Å²) in [6.07, 6.45) is 0. The van der Waals surface area contributed by atoms with Crippen LogP contribution in [0.1, 0.15) is 26.3 Å². The van der Waals surface area contributed by atoms with Crippen LogP contribution in [0, 0.1) is 5.92 Å². The Morgan fingerprint density at radius 1 is 1.21 bits per heavy atom. The van der Waals surface area contributed by atoms with E-state index in [9.17, 15) is 18.0 Å². The van der Waals surface area contributed by atoms with Crippen LogP contribution < -0.4 is 0 Å². The molecule has 130 valence electrons. The highest BCUT2D eigenvalue weighted by Crippen LogP contribution is 2.38. The van der Waals surface area contributed by atoms with Crippen LogP contribution in [0.2, 0.25) is 0 Å². The van der Waals surface area contributed by atoms with Gasteiger partial charge in [-0.25, -0.2) is 13.2 Å². The lowest BCUT2D eigenvalue weighted by Gasteiger charge is -2.31. The van der Waals surface area contributed by atoms with E-state index in [1.807, 2.05) is 0 Å². The molecular formula is C16H19NO6S. The van der Waals surface area contributed by atoms with Crippen molar-refractivity contribution >= 4 is 27.7 Å². The molecule has 0 atom stereocenters. The summed E-state index contributed by atoms with van der Waals surface area (Å²) < 4.78 is 36.5. The molecule has 0 aromatic heterocycles. The SMILES string of the molecule is CCN1C(C(=O)OC)=C(OC(=O)C(C)C)c2ccccc2S1(=O)=O. The highest BCUT2D eigenvalue weighted by molar-refractivity contribution is 7.89. The van der Waals surface area contributed by atoms with Gasteiger partial charge in [-0.1, -0.05) is 26.0 Å². The van der Waals surface area contributed by atoms with Crippen molar-refractivity contribution in [2.45, 2.75) is 25.7 Å². The van der Waals surface area contributed by atoms with Crippen LogP contribution >= 0.6 is 0 Å². The molecule has 0 fully saturated rings. The Balaban J connectivity index is 2.80. The summed E-state index contributed by atoms with van der Waals surface area (Å²) in [4.78, 5) is 24.3. The van der Waals surface area contributed by atoms with Crippen molar-refractivity contribution in [2.75, 3.05) is 13.7 Å². The van der Waals surface area contributed by atoms with Crippen molar-refractivity contribution in [3.8, 4) is 0 Å². The molecule has 0 N–H and O–H groups in total. The molecule has 7 nitrogen and oxygen atoms in total. The van der Waals surface area contributed by atoms with Gasteiger partial charge in [-0.2, -0.15) is 0 Å². The minimum Gasteiger partial charge on any atom is -0.464 e. The van der Waals surface area contributed by atoms with Crippen LogP contribution in [-0.4, -0.2) is 38.3 Å². The smallest absolute Gasteiger partial charge is 0.359 e. The van der Waals surface area contributed by atoms with Gasteiger partial charge < -0.3 is 9.47 Å². The van der Waals surface area contributed by atoms with E-state index in [0.29, 0.717) is 0 Å². The Labute approximate surface area is 140 Å². The topological polar surface area (TPSA) is 90.0 Å². The molecule has 0 saturated heterocycles. The summed E-state index contributed by atoms with van der Waals surface area (Å²) in [5.74, 6) is -2.01. The van der Waals surface area contributed by atoms with E-state index >= 15 is 0 Å². The number of esters is 2. The molecule has 0 amide bonds. The number of rotatable bonds is 4. The summed E-state index contributed by atoms with van der Waals surface area (Å²) >= 11 is 0. The third-order valence-corrected chi connectivity index (χ3v) is 5.44. The second kappa shape index (κ2) is 6.64. The number of sulfonamides is 1. The average molecular weight is 353 g/mol. The number of carbonyl (C=O) groups excluding carboxylic acids is 2. The van der Waals surface area contributed by atoms with Gasteiger partial charge in [0, 0.05) is 12.1 Å². The second-order valence-electron chi connectivity index (χ2n) is 5.41. The van der Waals surface area contributed by atoms with E-state index in [1.54, 1.807) is 32.9 Å². The molecule has 2 rings (SSSR count). The van der Waals surface area contributed by atoms with Gasteiger partial charge >= 0.3 is 11.9 Å². The highest BCUT2D eigenvalue weighted by atomic mass is 32.2. The Hall–Kier alpha value is -2.35. The number of likely N-dealkylation sites (N-methyl/N-ethyl adjacent to an activating group) is 1. The molecule has 1 aliphatic heterocycles. The third kappa shape index (κ3) is 2.89. The number of benzene rings is 1. The zero-order valence-corrected chi connectivity index (χ0v) is 14.7. The van der Waals surface area contributed by atoms with E-state index in [1.165, 1.54) is 12.1 Å². The van der Waals surface area contributed by atoms with Gasteiger partial charge in [0.2, 0.25) is 0 Å². The fraction of sp³-hybridized carbons (Fsp3) is 0.375. The summed E-state index contributed by atoms with van der Waals surface area (Å²) in [5, 5.41) is 0. The zero-order valence-electron chi connectivity index (χ0n) is 13.9. The molecule has 1 aromatic carbocycles. The molecule has 8 heteroatoms. The first-order chi connectivity index (χ1) is 11.3. The summed E-state index contributed by atoms with van der Waals surface area (Å²) in [6.45, 7) is 4.85. The molecule has 0 saturated carbocycles.